The molecule has 10 rings (SSSR count). The average Bonchev–Trinajstić information content (AvgIpc) is 3.88. The van der Waals surface area contributed by atoms with Gasteiger partial charge in [0.25, 0.3) is 0 Å². The summed E-state index contributed by atoms with van der Waals surface area (Å²) in [6, 6.07) is 11.0. The lowest BCUT2D eigenvalue weighted by molar-refractivity contribution is -0.134. The highest BCUT2D eigenvalue weighted by Crippen LogP contribution is 2.40. The molecule has 3 unspecified atom stereocenters. The van der Waals surface area contributed by atoms with Crippen LogP contribution in [-0.4, -0.2) is 125 Å². The molecule has 2 N–H and O–H groups in total. The normalized spacial score (nSPS) is 23.6. The summed E-state index contributed by atoms with van der Waals surface area (Å²) in [6.07, 6.45) is 2.60. The number of hydrogen-bond donors (Lipinski definition) is 2. The number of β-amino-alcohol motifs (C(OH)–C–C–N with tert-alkyl or cyclic N) is 1. The van der Waals surface area contributed by atoms with Gasteiger partial charge in [0, 0.05) is 71.4 Å². The maximum Gasteiger partial charge on any atom is 0.245 e. The van der Waals surface area contributed by atoms with Crippen LogP contribution in [0, 0.1) is 24.4 Å². The number of piperazine rings is 1. The van der Waals surface area contributed by atoms with Crippen LogP contribution in [0.3, 0.4) is 0 Å². The Morgan fingerprint density at radius 1 is 0.931 bits per heavy atom. The maximum atomic E-state index is 15.4. The number of likely N-dealkylation sites (tertiary alicyclic amines) is 1. The topological polar surface area (TPSA) is 137 Å². The van der Waals surface area contributed by atoms with Crippen molar-refractivity contribution in [1.82, 2.24) is 44.1 Å². The predicted octanol–water partition coefficient (Wildman–Crippen LogP) is 5.01. The molecule has 3 fully saturated rings. The third kappa shape index (κ3) is 6.09. The van der Waals surface area contributed by atoms with Gasteiger partial charge in [0.05, 0.1) is 41.0 Å². The number of carbonyl (C=O) groups is 1. The Hall–Kier alpha value is -5.81. The minimum Gasteiger partial charge on any atom is -0.389 e. The van der Waals surface area contributed by atoms with E-state index in [-0.39, 0.29) is 45.7 Å². The van der Waals surface area contributed by atoms with Crippen LogP contribution in [0.5, 0.6) is 0 Å². The number of likely N-dealkylation sites (N-methyl/N-ethyl adjacent to an activating group) is 1. The molecule has 8 heterocycles. The number of aliphatic hydroxyl groups is 1. The second-order valence-electron chi connectivity index (χ2n) is 16.1. The molecule has 0 spiro atoms. The number of carbonyl (C=O) groups excluding carboxylic acids is 1. The number of halogens is 3. The smallest absolute Gasteiger partial charge is 0.245 e. The highest BCUT2D eigenvalue weighted by atomic mass is 19.1. The Bertz CT molecular complexity index is 2600. The fourth-order valence-corrected chi connectivity index (χ4v) is 9.54. The van der Waals surface area contributed by atoms with Crippen LogP contribution >= 0.6 is 0 Å². The summed E-state index contributed by atoms with van der Waals surface area (Å²) >= 11 is 0. The molecule has 4 aliphatic heterocycles. The number of piperidine rings is 1. The summed E-state index contributed by atoms with van der Waals surface area (Å²) < 4.78 is 47.8. The van der Waals surface area contributed by atoms with E-state index in [1.54, 1.807) is 11.1 Å². The number of pyridine rings is 1. The highest BCUT2D eigenvalue weighted by molar-refractivity contribution is 5.94. The zero-order chi connectivity index (χ0) is 40.0. The Kier molecular flexibility index (Phi) is 8.78. The van der Waals surface area contributed by atoms with Crippen LogP contribution < -0.4 is 15.1 Å². The number of rotatable bonds is 5. The van der Waals surface area contributed by atoms with E-state index < -0.39 is 29.6 Å². The van der Waals surface area contributed by atoms with E-state index in [2.05, 4.69) is 32.2 Å². The fourth-order valence-electron chi connectivity index (χ4n) is 9.54. The van der Waals surface area contributed by atoms with Gasteiger partial charge in [0.1, 0.15) is 40.8 Å². The summed E-state index contributed by atoms with van der Waals surface area (Å²) in [5.74, 6) is -0.0620. The second kappa shape index (κ2) is 13.9. The van der Waals surface area contributed by atoms with E-state index >= 15 is 13.6 Å². The molecule has 1 amide bonds. The first kappa shape index (κ1) is 36.5. The van der Waals surface area contributed by atoms with E-state index in [4.69, 9.17) is 15.0 Å². The number of fused-ring (bicyclic) bond motifs is 8. The molecule has 304 valence electrons. The molecule has 0 radical (unpaired) electrons. The lowest BCUT2D eigenvalue weighted by Gasteiger charge is -2.55. The second-order valence-corrected chi connectivity index (χ2v) is 16.1. The first-order chi connectivity index (χ1) is 28.0. The van der Waals surface area contributed by atoms with Crippen LogP contribution in [0.2, 0.25) is 0 Å². The number of nitrogens with zero attached hydrogens (tertiary/aromatic N) is 11. The Morgan fingerprint density at radius 2 is 1.76 bits per heavy atom. The van der Waals surface area contributed by atoms with Crippen LogP contribution in [0.15, 0.2) is 54.7 Å². The van der Waals surface area contributed by atoms with E-state index in [0.717, 1.165) is 25.6 Å². The molecule has 4 aliphatic rings. The van der Waals surface area contributed by atoms with Gasteiger partial charge in [0.2, 0.25) is 11.9 Å². The number of amides is 1. The molecule has 3 saturated heterocycles. The molecule has 17 heteroatoms. The van der Waals surface area contributed by atoms with Gasteiger partial charge in [-0.3, -0.25) is 4.79 Å². The number of imidazole rings is 1. The van der Waals surface area contributed by atoms with E-state index in [0.29, 0.717) is 82.7 Å². The number of benzene rings is 2. The van der Waals surface area contributed by atoms with Gasteiger partial charge in [-0.25, -0.2) is 27.8 Å². The standard InChI is InChI=1S/C41H43F3N12O2.2H2/c1-4-10-52-20-28(57)21-53-22(2)46-33-13-24(43)11-29(37(33)53)32-6-5-7-36(48-32)47-25-14-35(40(52)58)54(17-25)38-30-16-45-56(34-9-8-23(42)12-31(34)44)39(30)50-41(49-38)55-26-15-27(55)19-51(3)18-26;;/h5-9,11-13,16,25-28,35,57H,4,10,14-15,17-21H2,1-3H3,(H,47,48);2*1H/t25?,26?,27?,28-,35+;;/m1../s1. The lowest BCUT2D eigenvalue weighted by atomic mass is 9.88. The summed E-state index contributed by atoms with van der Waals surface area (Å²) in [4.78, 5) is 43.0. The third-order valence-corrected chi connectivity index (χ3v) is 12.0. The van der Waals surface area contributed by atoms with Crippen molar-refractivity contribution in [3.63, 3.8) is 0 Å². The number of nitrogens with one attached hydrogen (secondary N) is 1. The van der Waals surface area contributed by atoms with Crippen LogP contribution in [0.25, 0.3) is 39.0 Å². The van der Waals surface area contributed by atoms with E-state index in [1.807, 2.05) is 41.5 Å². The summed E-state index contributed by atoms with van der Waals surface area (Å²) in [5, 5.41) is 20.4. The number of aliphatic hydroxyl groups excluding tert-OH is 1. The van der Waals surface area contributed by atoms with Crippen molar-refractivity contribution in [2.45, 2.75) is 69.9 Å². The zero-order valence-electron chi connectivity index (χ0n) is 32.4. The van der Waals surface area contributed by atoms with E-state index in [9.17, 15) is 9.50 Å². The Balaban J connectivity index is 0.00000249. The number of aromatic nitrogens is 7. The molecule has 0 saturated carbocycles. The monoisotopic (exact) mass is 796 g/mol. The predicted molar refractivity (Wildman–Crippen MR) is 217 cm³/mol. The first-order valence-electron chi connectivity index (χ1n) is 19.8. The van der Waals surface area contributed by atoms with Gasteiger partial charge in [-0.1, -0.05) is 13.0 Å². The largest absolute Gasteiger partial charge is 0.389 e. The van der Waals surface area contributed by atoms with Gasteiger partial charge >= 0.3 is 0 Å². The molecule has 58 heavy (non-hydrogen) atoms. The van der Waals surface area contributed by atoms with Crippen molar-refractivity contribution in [3.05, 3.63) is 78.0 Å². The van der Waals surface area contributed by atoms with Crippen molar-refractivity contribution in [1.29, 1.82) is 0 Å². The molecule has 2 aromatic carbocycles. The maximum absolute atomic E-state index is 15.4. The SMILES string of the molecule is CCCN1C[C@@H](O)Cn2c(C)nc3cc(F)cc(c32)-c2cccc(n2)NC2C[C@@H](C1=O)N(c1nc(N3C4CC3CN(C)C4)nc3c1cnn3-c1ccc(F)cc1F)C2.[HH].[HH]. The third-order valence-electron chi connectivity index (χ3n) is 12.0. The molecular weight excluding hydrogens is 750 g/mol. The molecule has 5 atom stereocenters. The van der Waals surface area contributed by atoms with Gasteiger partial charge in [-0.15, -0.1) is 0 Å². The van der Waals surface area contributed by atoms with Crippen LogP contribution in [-0.2, 0) is 11.3 Å². The summed E-state index contributed by atoms with van der Waals surface area (Å²) in [6.45, 7) is 6.36. The van der Waals surface area contributed by atoms with Crippen LogP contribution in [0.4, 0.5) is 30.8 Å². The van der Waals surface area contributed by atoms with Gasteiger partial charge < -0.3 is 34.6 Å². The minimum atomic E-state index is -0.983. The quantitative estimate of drug-likeness (QED) is 0.244. The highest BCUT2D eigenvalue weighted by Gasteiger charge is 2.47. The molecule has 4 aromatic heterocycles. The molecular formula is C41H47F3N12O2. The lowest BCUT2D eigenvalue weighted by Crippen LogP contribution is -2.68. The van der Waals surface area contributed by atoms with Crippen molar-refractivity contribution in [2.24, 2.45) is 0 Å². The molecule has 6 bridgehead atoms. The zero-order valence-corrected chi connectivity index (χ0v) is 32.4. The van der Waals surface area contributed by atoms with Crippen molar-refractivity contribution >= 4 is 45.6 Å². The Labute approximate surface area is 334 Å². The van der Waals surface area contributed by atoms with Crippen molar-refractivity contribution in [2.75, 3.05) is 54.9 Å². The van der Waals surface area contributed by atoms with Crippen molar-refractivity contribution < 1.29 is 25.9 Å². The van der Waals surface area contributed by atoms with Gasteiger partial charge in [0.15, 0.2) is 11.5 Å². The summed E-state index contributed by atoms with van der Waals surface area (Å²) in [5.41, 5.74) is 2.55. The first-order valence-corrected chi connectivity index (χ1v) is 19.8. The molecule has 14 nitrogen and oxygen atoms in total. The van der Waals surface area contributed by atoms with Gasteiger partial charge in [-0.2, -0.15) is 15.1 Å². The minimum absolute atomic E-state index is 0. The average molecular weight is 797 g/mol. The van der Waals surface area contributed by atoms with Crippen molar-refractivity contribution in [3.8, 4) is 16.9 Å². The van der Waals surface area contributed by atoms with E-state index in [1.165, 1.54) is 28.9 Å². The fraction of sp³-hybridized carbons (Fsp3) is 0.415. The Morgan fingerprint density at radius 3 is 2.55 bits per heavy atom. The number of anilines is 3. The number of hydrogen-bond acceptors (Lipinski definition) is 11. The van der Waals surface area contributed by atoms with Crippen LogP contribution in [0.1, 0.15) is 34.9 Å². The van der Waals surface area contributed by atoms with Gasteiger partial charge in [-0.05, 0) is 63.6 Å². The summed E-state index contributed by atoms with van der Waals surface area (Å²) in [7, 11) is 2.09. The number of aryl methyl sites for hydroxylation is 1. The molecule has 6 aromatic rings. The molecule has 0 aliphatic carbocycles.